The van der Waals surface area contributed by atoms with Crippen LogP contribution < -0.4 is 19.5 Å². The van der Waals surface area contributed by atoms with Crippen molar-refractivity contribution in [2.45, 2.75) is 0 Å². The summed E-state index contributed by atoms with van der Waals surface area (Å²) >= 11 is 2.03. The summed E-state index contributed by atoms with van der Waals surface area (Å²) in [6.07, 6.45) is 0. The van der Waals surface area contributed by atoms with Crippen molar-refractivity contribution in [2.75, 3.05) is 26.6 Å². The van der Waals surface area contributed by atoms with Gasteiger partial charge >= 0.3 is 0 Å². The van der Waals surface area contributed by atoms with Gasteiger partial charge in [-0.15, -0.1) is 0 Å². The van der Waals surface area contributed by atoms with Crippen LogP contribution in [0.15, 0.2) is 30.3 Å². The van der Waals surface area contributed by atoms with E-state index in [1.807, 2.05) is 22.6 Å². The monoisotopic (exact) mass is 431 g/mol. The van der Waals surface area contributed by atoms with Crippen LogP contribution in [-0.4, -0.2) is 27.2 Å². The fraction of sp³-hybridized carbons (Fsp3) is 0.188. The van der Waals surface area contributed by atoms with E-state index in [2.05, 4.69) is 5.32 Å². The molecule has 122 valence electrons. The Balaban J connectivity index is 2.29. The van der Waals surface area contributed by atoms with Gasteiger partial charge in [-0.1, -0.05) is 0 Å². The number of ether oxygens (including phenoxy) is 3. The number of nitrogens with one attached hydrogen (secondary N) is 1. The number of methoxy groups -OCH3 is 3. The summed E-state index contributed by atoms with van der Waals surface area (Å²) in [6, 6.07) is 7.49. The Bertz CT molecular complexity index is 736. The van der Waals surface area contributed by atoms with Crippen molar-refractivity contribution in [3.63, 3.8) is 0 Å². The first-order valence-corrected chi connectivity index (χ1v) is 7.64. The van der Waals surface area contributed by atoms with Crippen molar-refractivity contribution >= 4 is 34.2 Å². The number of hydrogen-bond acceptors (Lipinski definition) is 4. The maximum atomic E-state index is 13.7. The highest BCUT2D eigenvalue weighted by molar-refractivity contribution is 14.1. The fourth-order valence-corrected chi connectivity index (χ4v) is 2.65. The molecular formula is C16H15FINO4. The van der Waals surface area contributed by atoms with E-state index in [0.29, 0.717) is 26.3 Å². The Morgan fingerprint density at radius 3 is 2.17 bits per heavy atom. The van der Waals surface area contributed by atoms with Crippen molar-refractivity contribution in [1.29, 1.82) is 0 Å². The Kier molecular flexibility index (Phi) is 5.64. The molecule has 1 N–H and O–H groups in total. The summed E-state index contributed by atoms with van der Waals surface area (Å²) in [5.74, 6) is 0.166. The van der Waals surface area contributed by atoms with E-state index in [1.165, 1.54) is 33.5 Å². The van der Waals surface area contributed by atoms with E-state index in [-0.39, 0.29) is 11.7 Å². The zero-order valence-corrected chi connectivity index (χ0v) is 14.9. The number of benzene rings is 2. The van der Waals surface area contributed by atoms with Gasteiger partial charge < -0.3 is 19.5 Å². The summed E-state index contributed by atoms with van der Waals surface area (Å²) in [6.45, 7) is 0. The highest BCUT2D eigenvalue weighted by Crippen LogP contribution is 2.32. The second-order valence-electron chi connectivity index (χ2n) is 4.49. The van der Waals surface area contributed by atoms with E-state index in [1.54, 1.807) is 18.2 Å². The van der Waals surface area contributed by atoms with E-state index in [9.17, 15) is 9.18 Å². The first kappa shape index (κ1) is 17.3. The number of anilines is 1. The minimum atomic E-state index is -0.549. The van der Waals surface area contributed by atoms with Gasteiger partial charge in [-0.25, -0.2) is 4.39 Å². The first-order valence-electron chi connectivity index (χ1n) is 6.56. The molecule has 2 rings (SSSR count). The van der Waals surface area contributed by atoms with Gasteiger partial charge in [0.1, 0.15) is 0 Å². The first-order chi connectivity index (χ1) is 11.0. The van der Waals surface area contributed by atoms with E-state index < -0.39 is 5.82 Å². The molecule has 0 atom stereocenters. The number of amides is 1. The molecule has 0 aliphatic heterocycles. The normalized spacial score (nSPS) is 10.1. The SMILES string of the molecule is COc1ccc(NC(=O)c2cc(OC)c(OC)cc2I)cc1F. The lowest BCUT2D eigenvalue weighted by Crippen LogP contribution is -2.14. The molecule has 0 aliphatic carbocycles. The Morgan fingerprint density at radius 1 is 1.00 bits per heavy atom. The van der Waals surface area contributed by atoms with Crippen molar-refractivity contribution < 1.29 is 23.4 Å². The van der Waals surface area contributed by atoms with Crippen LogP contribution in [-0.2, 0) is 0 Å². The van der Waals surface area contributed by atoms with Crippen LogP contribution in [0.1, 0.15) is 10.4 Å². The van der Waals surface area contributed by atoms with Crippen LogP contribution >= 0.6 is 22.6 Å². The third-order valence-electron chi connectivity index (χ3n) is 3.13. The summed E-state index contributed by atoms with van der Waals surface area (Å²) < 4.78 is 29.6. The number of rotatable bonds is 5. The third-order valence-corrected chi connectivity index (χ3v) is 4.02. The molecule has 7 heteroatoms. The highest BCUT2D eigenvalue weighted by atomic mass is 127. The van der Waals surface area contributed by atoms with Crippen molar-refractivity contribution in [3.8, 4) is 17.2 Å². The molecule has 5 nitrogen and oxygen atoms in total. The fourth-order valence-electron chi connectivity index (χ4n) is 1.97. The average Bonchev–Trinajstić information content (AvgIpc) is 2.54. The second kappa shape index (κ2) is 7.49. The van der Waals surface area contributed by atoms with Crippen molar-refractivity contribution in [2.24, 2.45) is 0 Å². The summed E-state index contributed by atoms with van der Waals surface area (Å²) in [5.41, 5.74) is 0.735. The van der Waals surface area contributed by atoms with Gasteiger partial charge in [0.25, 0.3) is 5.91 Å². The third kappa shape index (κ3) is 3.84. The largest absolute Gasteiger partial charge is 0.494 e. The topological polar surface area (TPSA) is 56.8 Å². The molecule has 0 fully saturated rings. The summed E-state index contributed by atoms with van der Waals surface area (Å²) in [4.78, 5) is 12.4. The maximum absolute atomic E-state index is 13.7. The molecular weight excluding hydrogens is 416 g/mol. The van der Waals surface area contributed by atoms with Gasteiger partial charge in [0.15, 0.2) is 23.1 Å². The molecule has 23 heavy (non-hydrogen) atoms. The van der Waals surface area contributed by atoms with E-state index in [4.69, 9.17) is 14.2 Å². The van der Waals surface area contributed by atoms with Crippen LogP contribution in [0, 0.1) is 9.39 Å². The molecule has 0 spiro atoms. The molecule has 2 aromatic carbocycles. The standard InChI is InChI=1S/C16H15FINO4/c1-21-13-5-4-9(6-11(13)17)19-16(20)10-7-14(22-2)15(23-3)8-12(10)18/h4-8H,1-3H3,(H,19,20). The smallest absolute Gasteiger partial charge is 0.256 e. The molecule has 0 saturated heterocycles. The van der Waals surface area contributed by atoms with Gasteiger partial charge in [0.05, 0.1) is 26.9 Å². The number of carbonyl (C=O) groups excluding carboxylic acids is 1. The lowest BCUT2D eigenvalue weighted by atomic mass is 10.1. The predicted octanol–water partition coefficient (Wildman–Crippen LogP) is 3.71. The molecule has 0 unspecified atom stereocenters. The minimum Gasteiger partial charge on any atom is -0.494 e. The Labute approximate surface area is 146 Å². The zero-order valence-electron chi connectivity index (χ0n) is 12.8. The number of carbonyl (C=O) groups is 1. The summed E-state index contributed by atoms with van der Waals surface area (Å²) in [5, 5.41) is 2.64. The predicted molar refractivity (Wildman–Crippen MR) is 93.2 cm³/mol. The second-order valence-corrected chi connectivity index (χ2v) is 5.65. The average molecular weight is 431 g/mol. The molecule has 2 aromatic rings. The quantitative estimate of drug-likeness (QED) is 0.734. The Hall–Kier alpha value is -2.03. The zero-order chi connectivity index (χ0) is 17.0. The highest BCUT2D eigenvalue weighted by Gasteiger charge is 2.16. The van der Waals surface area contributed by atoms with Crippen molar-refractivity contribution in [3.05, 3.63) is 45.3 Å². The van der Waals surface area contributed by atoms with E-state index >= 15 is 0 Å². The van der Waals surface area contributed by atoms with Crippen LogP contribution in [0.2, 0.25) is 0 Å². The lowest BCUT2D eigenvalue weighted by Gasteiger charge is -2.12. The number of hydrogen-bond donors (Lipinski definition) is 1. The van der Waals surface area contributed by atoms with E-state index in [0.717, 1.165) is 0 Å². The van der Waals surface area contributed by atoms with Crippen LogP contribution in [0.25, 0.3) is 0 Å². The minimum absolute atomic E-state index is 0.115. The van der Waals surface area contributed by atoms with Gasteiger partial charge in [-0.05, 0) is 46.9 Å². The summed E-state index contributed by atoms with van der Waals surface area (Å²) in [7, 11) is 4.39. The van der Waals surface area contributed by atoms with Crippen LogP contribution in [0.3, 0.4) is 0 Å². The van der Waals surface area contributed by atoms with Gasteiger partial charge in [-0.2, -0.15) is 0 Å². The lowest BCUT2D eigenvalue weighted by molar-refractivity contribution is 0.102. The molecule has 0 radical (unpaired) electrons. The molecule has 0 heterocycles. The molecule has 0 saturated carbocycles. The molecule has 0 aromatic heterocycles. The Morgan fingerprint density at radius 2 is 1.61 bits per heavy atom. The maximum Gasteiger partial charge on any atom is 0.256 e. The van der Waals surface area contributed by atoms with Crippen LogP contribution in [0.4, 0.5) is 10.1 Å². The van der Waals surface area contributed by atoms with Gasteiger partial charge in [0, 0.05) is 15.3 Å². The van der Waals surface area contributed by atoms with Crippen molar-refractivity contribution in [1.82, 2.24) is 0 Å². The molecule has 0 bridgehead atoms. The molecule has 0 aliphatic rings. The van der Waals surface area contributed by atoms with Gasteiger partial charge in [-0.3, -0.25) is 4.79 Å². The molecule has 1 amide bonds. The number of halogens is 2. The van der Waals surface area contributed by atoms with Gasteiger partial charge in [0.2, 0.25) is 0 Å². The van der Waals surface area contributed by atoms with Crippen LogP contribution in [0.5, 0.6) is 17.2 Å².